The van der Waals surface area contributed by atoms with E-state index in [1.54, 1.807) is 7.11 Å². The van der Waals surface area contributed by atoms with Crippen LogP contribution in [-0.2, 0) is 4.79 Å². The zero-order valence-corrected chi connectivity index (χ0v) is 14.1. The SMILES string of the molecule is CCCCCC(CC(=O)O)c1ccc(OC(C)C)cc1OC. The monoisotopic (exact) mass is 308 g/mol. The van der Waals surface area contributed by atoms with E-state index in [-0.39, 0.29) is 18.4 Å². The van der Waals surface area contributed by atoms with Crippen molar-refractivity contribution in [1.29, 1.82) is 0 Å². The van der Waals surface area contributed by atoms with E-state index in [0.717, 1.165) is 37.0 Å². The van der Waals surface area contributed by atoms with E-state index >= 15 is 0 Å². The molecule has 0 aromatic heterocycles. The highest BCUT2D eigenvalue weighted by molar-refractivity contribution is 5.68. The van der Waals surface area contributed by atoms with Crippen molar-refractivity contribution in [2.45, 2.75) is 64.9 Å². The predicted octanol–water partition coefficient (Wildman–Crippen LogP) is 4.62. The van der Waals surface area contributed by atoms with E-state index in [1.807, 2.05) is 32.0 Å². The fourth-order valence-corrected chi connectivity index (χ4v) is 2.59. The zero-order chi connectivity index (χ0) is 16.5. The summed E-state index contributed by atoms with van der Waals surface area (Å²) in [5.74, 6) is 0.664. The van der Waals surface area contributed by atoms with Crippen molar-refractivity contribution in [3.05, 3.63) is 23.8 Å². The number of hydrogen-bond acceptors (Lipinski definition) is 3. The molecular formula is C18H28O4. The van der Waals surface area contributed by atoms with Crippen molar-refractivity contribution >= 4 is 5.97 Å². The molecule has 0 saturated heterocycles. The Morgan fingerprint density at radius 2 is 2.00 bits per heavy atom. The number of hydrogen-bond donors (Lipinski definition) is 1. The molecule has 22 heavy (non-hydrogen) atoms. The van der Waals surface area contributed by atoms with Gasteiger partial charge in [-0.1, -0.05) is 32.3 Å². The lowest BCUT2D eigenvalue weighted by molar-refractivity contribution is -0.137. The quantitative estimate of drug-likeness (QED) is 0.641. The Morgan fingerprint density at radius 3 is 2.55 bits per heavy atom. The Hall–Kier alpha value is -1.71. The van der Waals surface area contributed by atoms with Crippen LogP contribution in [0.25, 0.3) is 0 Å². The minimum absolute atomic E-state index is 0.0212. The van der Waals surface area contributed by atoms with Crippen molar-refractivity contribution < 1.29 is 19.4 Å². The molecule has 1 N–H and O–H groups in total. The summed E-state index contributed by atoms with van der Waals surface area (Å²) in [6.45, 7) is 6.08. The summed E-state index contributed by atoms with van der Waals surface area (Å²) in [5.41, 5.74) is 0.956. The second-order valence-corrected chi connectivity index (χ2v) is 5.86. The van der Waals surface area contributed by atoms with Gasteiger partial charge in [0.05, 0.1) is 19.6 Å². The molecule has 1 unspecified atom stereocenters. The second-order valence-electron chi connectivity index (χ2n) is 5.86. The highest BCUT2D eigenvalue weighted by Crippen LogP contribution is 2.35. The summed E-state index contributed by atoms with van der Waals surface area (Å²) < 4.78 is 11.1. The molecule has 0 saturated carbocycles. The minimum Gasteiger partial charge on any atom is -0.496 e. The number of ether oxygens (including phenoxy) is 2. The molecule has 124 valence electrons. The smallest absolute Gasteiger partial charge is 0.303 e. The van der Waals surface area contributed by atoms with Gasteiger partial charge in [-0.25, -0.2) is 0 Å². The molecule has 0 aliphatic carbocycles. The van der Waals surface area contributed by atoms with Crippen molar-refractivity contribution in [2.24, 2.45) is 0 Å². The fraction of sp³-hybridized carbons (Fsp3) is 0.611. The molecule has 4 heteroatoms. The summed E-state index contributed by atoms with van der Waals surface area (Å²) in [5, 5.41) is 9.17. The van der Waals surface area contributed by atoms with E-state index in [9.17, 15) is 9.90 Å². The highest BCUT2D eigenvalue weighted by atomic mass is 16.5. The predicted molar refractivity (Wildman–Crippen MR) is 87.9 cm³/mol. The van der Waals surface area contributed by atoms with E-state index < -0.39 is 5.97 Å². The maximum absolute atomic E-state index is 11.2. The van der Waals surface area contributed by atoms with Gasteiger partial charge in [0.1, 0.15) is 11.5 Å². The minimum atomic E-state index is -0.772. The number of methoxy groups -OCH3 is 1. The molecule has 0 radical (unpaired) electrons. The Kier molecular flexibility index (Phi) is 7.78. The molecule has 0 amide bonds. The van der Waals surface area contributed by atoms with Crippen LogP contribution in [0.4, 0.5) is 0 Å². The number of carboxylic acid groups (broad SMARTS) is 1. The molecule has 0 aliphatic heterocycles. The molecule has 4 nitrogen and oxygen atoms in total. The average Bonchev–Trinajstić information content (AvgIpc) is 2.45. The van der Waals surface area contributed by atoms with Crippen LogP contribution in [-0.4, -0.2) is 24.3 Å². The van der Waals surface area contributed by atoms with Gasteiger partial charge in [0.2, 0.25) is 0 Å². The lowest BCUT2D eigenvalue weighted by Gasteiger charge is -2.20. The largest absolute Gasteiger partial charge is 0.496 e. The van der Waals surface area contributed by atoms with Crippen molar-refractivity contribution in [3.8, 4) is 11.5 Å². The van der Waals surface area contributed by atoms with Crippen LogP contribution < -0.4 is 9.47 Å². The third kappa shape index (κ3) is 5.96. The van der Waals surface area contributed by atoms with Crippen LogP contribution >= 0.6 is 0 Å². The van der Waals surface area contributed by atoms with Crippen LogP contribution in [0.2, 0.25) is 0 Å². The fourth-order valence-electron chi connectivity index (χ4n) is 2.59. The number of unbranched alkanes of at least 4 members (excludes halogenated alkanes) is 2. The van der Waals surface area contributed by atoms with Crippen molar-refractivity contribution in [2.75, 3.05) is 7.11 Å². The Bertz CT molecular complexity index is 468. The zero-order valence-electron chi connectivity index (χ0n) is 14.1. The molecule has 0 heterocycles. The molecule has 1 aromatic carbocycles. The van der Waals surface area contributed by atoms with Gasteiger partial charge in [0, 0.05) is 6.07 Å². The number of benzene rings is 1. The highest BCUT2D eigenvalue weighted by Gasteiger charge is 2.20. The van der Waals surface area contributed by atoms with Crippen LogP contribution in [0.15, 0.2) is 18.2 Å². The summed E-state index contributed by atoms with van der Waals surface area (Å²) in [6.07, 6.45) is 4.35. The van der Waals surface area contributed by atoms with Crippen molar-refractivity contribution in [1.82, 2.24) is 0 Å². The molecule has 1 atom stereocenters. The summed E-state index contributed by atoms with van der Waals surface area (Å²) in [6, 6.07) is 5.69. The molecular weight excluding hydrogens is 280 g/mol. The molecule has 0 aliphatic rings. The topological polar surface area (TPSA) is 55.8 Å². The first kappa shape index (κ1) is 18.3. The maximum atomic E-state index is 11.2. The Labute approximate surface area is 133 Å². The van der Waals surface area contributed by atoms with Gasteiger partial charge in [-0.3, -0.25) is 4.79 Å². The molecule has 0 spiro atoms. The lowest BCUT2D eigenvalue weighted by Crippen LogP contribution is -2.09. The number of carbonyl (C=O) groups is 1. The number of carboxylic acids is 1. The summed E-state index contributed by atoms with van der Waals surface area (Å²) in [4.78, 5) is 11.2. The number of rotatable bonds is 10. The van der Waals surface area contributed by atoms with E-state index in [4.69, 9.17) is 9.47 Å². The maximum Gasteiger partial charge on any atom is 0.303 e. The van der Waals surface area contributed by atoms with Gasteiger partial charge in [-0.15, -0.1) is 0 Å². The summed E-state index contributed by atoms with van der Waals surface area (Å²) in [7, 11) is 1.61. The van der Waals surface area contributed by atoms with Gasteiger partial charge in [0.15, 0.2) is 0 Å². The molecule has 0 bridgehead atoms. The van der Waals surface area contributed by atoms with Gasteiger partial charge >= 0.3 is 5.97 Å². The van der Waals surface area contributed by atoms with E-state index in [1.165, 1.54) is 0 Å². The number of aliphatic carboxylic acids is 1. The van der Waals surface area contributed by atoms with Gasteiger partial charge < -0.3 is 14.6 Å². The van der Waals surface area contributed by atoms with E-state index in [0.29, 0.717) is 5.75 Å². The van der Waals surface area contributed by atoms with Crippen LogP contribution in [0.5, 0.6) is 11.5 Å². The van der Waals surface area contributed by atoms with Crippen LogP contribution in [0.3, 0.4) is 0 Å². The van der Waals surface area contributed by atoms with Gasteiger partial charge in [-0.05, 0) is 37.8 Å². The lowest BCUT2D eigenvalue weighted by atomic mass is 9.89. The van der Waals surface area contributed by atoms with Crippen LogP contribution in [0, 0.1) is 0 Å². The molecule has 1 rings (SSSR count). The van der Waals surface area contributed by atoms with Crippen LogP contribution in [0.1, 0.15) is 64.4 Å². The average molecular weight is 308 g/mol. The van der Waals surface area contributed by atoms with Gasteiger partial charge in [0.25, 0.3) is 0 Å². The first-order chi connectivity index (χ1) is 10.5. The first-order valence-electron chi connectivity index (χ1n) is 8.04. The second kappa shape index (κ2) is 9.34. The van der Waals surface area contributed by atoms with Crippen molar-refractivity contribution in [3.63, 3.8) is 0 Å². The summed E-state index contributed by atoms with van der Waals surface area (Å²) >= 11 is 0. The third-order valence-corrected chi connectivity index (χ3v) is 3.59. The standard InChI is InChI=1S/C18H28O4/c1-5-6-7-8-14(11-18(19)20)16-10-9-15(22-13(2)3)12-17(16)21-4/h9-10,12-14H,5-8,11H2,1-4H3,(H,19,20). The Balaban J connectivity index is 2.98. The Morgan fingerprint density at radius 1 is 1.27 bits per heavy atom. The molecule has 0 fully saturated rings. The third-order valence-electron chi connectivity index (χ3n) is 3.59. The van der Waals surface area contributed by atoms with E-state index in [2.05, 4.69) is 6.92 Å². The first-order valence-corrected chi connectivity index (χ1v) is 8.04. The normalized spacial score (nSPS) is 12.2. The molecule has 1 aromatic rings. The van der Waals surface area contributed by atoms with Gasteiger partial charge in [-0.2, -0.15) is 0 Å².